The lowest BCUT2D eigenvalue weighted by Gasteiger charge is -2.12. The van der Waals surface area contributed by atoms with Gasteiger partial charge in [0.1, 0.15) is 5.82 Å². The van der Waals surface area contributed by atoms with E-state index in [9.17, 15) is 17.6 Å². The summed E-state index contributed by atoms with van der Waals surface area (Å²) >= 11 is 0. The SMILES string of the molecule is O=C(Cc1cccc(F)c1)NCCNS(=O)(=O)C1CCCC1. The van der Waals surface area contributed by atoms with E-state index in [1.807, 2.05) is 0 Å². The highest BCUT2D eigenvalue weighted by Crippen LogP contribution is 2.23. The first-order valence-corrected chi connectivity index (χ1v) is 9.01. The molecule has 0 aliphatic heterocycles. The summed E-state index contributed by atoms with van der Waals surface area (Å²) in [5.74, 6) is -0.639. The molecule has 0 saturated heterocycles. The van der Waals surface area contributed by atoms with Crippen LogP contribution in [0.1, 0.15) is 31.2 Å². The standard InChI is InChI=1S/C15H21FN2O3S/c16-13-5-3-4-12(10-13)11-15(19)17-8-9-18-22(20,21)14-6-1-2-7-14/h3-5,10,14,18H,1-2,6-9,11H2,(H,17,19). The van der Waals surface area contributed by atoms with Crippen molar-refractivity contribution >= 4 is 15.9 Å². The van der Waals surface area contributed by atoms with Crippen LogP contribution in [0.25, 0.3) is 0 Å². The van der Waals surface area contributed by atoms with Crippen LogP contribution in [0.3, 0.4) is 0 Å². The van der Waals surface area contributed by atoms with Crippen molar-refractivity contribution in [3.05, 3.63) is 35.6 Å². The van der Waals surface area contributed by atoms with E-state index in [1.54, 1.807) is 12.1 Å². The van der Waals surface area contributed by atoms with Crippen molar-refractivity contribution in [2.24, 2.45) is 0 Å². The Morgan fingerprint density at radius 2 is 1.95 bits per heavy atom. The summed E-state index contributed by atoms with van der Waals surface area (Å²) in [4.78, 5) is 11.7. The molecule has 1 aliphatic rings. The third kappa shape index (κ3) is 5.06. The number of rotatable bonds is 7. The minimum absolute atomic E-state index is 0.0765. The summed E-state index contributed by atoms with van der Waals surface area (Å²) in [5, 5.41) is 2.33. The molecule has 0 aromatic heterocycles. The summed E-state index contributed by atoms with van der Waals surface area (Å²) in [7, 11) is -3.27. The van der Waals surface area contributed by atoms with Gasteiger partial charge in [-0.2, -0.15) is 0 Å². The second-order valence-electron chi connectivity index (χ2n) is 5.50. The molecular formula is C15H21FN2O3S. The molecule has 0 heterocycles. The highest BCUT2D eigenvalue weighted by molar-refractivity contribution is 7.90. The Bertz CT molecular complexity index is 613. The maximum absolute atomic E-state index is 13.0. The number of carbonyl (C=O) groups excluding carboxylic acids is 1. The second-order valence-corrected chi connectivity index (χ2v) is 7.55. The lowest BCUT2D eigenvalue weighted by atomic mass is 10.1. The monoisotopic (exact) mass is 328 g/mol. The predicted octanol–water partition coefficient (Wildman–Crippen LogP) is 1.35. The highest BCUT2D eigenvalue weighted by atomic mass is 32.2. The number of amides is 1. The average molecular weight is 328 g/mol. The van der Waals surface area contributed by atoms with Crippen LogP contribution in [-0.4, -0.2) is 32.7 Å². The van der Waals surface area contributed by atoms with Gasteiger partial charge < -0.3 is 5.32 Å². The van der Waals surface area contributed by atoms with Crippen LogP contribution in [0.2, 0.25) is 0 Å². The number of sulfonamides is 1. The van der Waals surface area contributed by atoms with Gasteiger partial charge in [-0.1, -0.05) is 25.0 Å². The van der Waals surface area contributed by atoms with Crippen LogP contribution < -0.4 is 10.0 Å². The molecule has 1 fully saturated rings. The van der Waals surface area contributed by atoms with E-state index in [2.05, 4.69) is 10.0 Å². The van der Waals surface area contributed by atoms with E-state index in [4.69, 9.17) is 0 Å². The molecule has 0 unspecified atom stereocenters. The van der Waals surface area contributed by atoms with Gasteiger partial charge in [-0.3, -0.25) is 4.79 Å². The molecule has 5 nitrogen and oxygen atoms in total. The van der Waals surface area contributed by atoms with Crippen LogP contribution in [-0.2, 0) is 21.2 Å². The highest BCUT2D eigenvalue weighted by Gasteiger charge is 2.27. The fourth-order valence-corrected chi connectivity index (χ4v) is 4.18. The smallest absolute Gasteiger partial charge is 0.224 e. The van der Waals surface area contributed by atoms with Crippen LogP contribution in [0.4, 0.5) is 4.39 Å². The minimum atomic E-state index is -3.27. The van der Waals surface area contributed by atoms with Crippen molar-refractivity contribution in [3.63, 3.8) is 0 Å². The zero-order valence-corrected chi connectivity index (χ0v) is 13.2. The van der Waals surface area contributed by atoms with E-state index < -0.39 is 10.0 Å². The van der Waals surface area contributed by atoms with Crippen LogP contribution in [0.5, 0.6) is 0 Å². The van der Waals surface area contributed by atoms with Gasteiger partial charge in [0.2, 0.25) is 15.9 Å². The molecule has 2 N–H and O–H groups in total. The number of carbonyl (C=O) groups is 1. The van der Waals surface area contributed by atoms with Gasteiger partial charge in [-0.25, -0.2) is 17.5 Å². The molecule has 22 heavy (non-hydrogen) atoms. The summed E-state index contributed by atoms with van der Waals surface area (Å²) in [6.45, 7) is 0.397. The summed E-state index contributed by atoms with van der Waals surface area (Å²) < 4.78 is 39.4. The molecule has 0 bridgehead atoms. The molecule has 0 spiro atoms. The first kappa shape index (κ1) is 16.9. The molecule has 1 saturated carbocycles. The van der Waals surface area contributed by atoms with E-state index in [1.165, 1.54) is 12.1 Å². The van der Waals surface area contributed by atoms with Gasteiger partial charge in [0, 0.05) is 13.1 Å². The lowest BCUT2D eigenvalue weighted by Crippen LogP contribution is -2.38. The molecule has 7 heteroatoms. The molecule has 1 aliphatic carbocycles. The molecule has 2 rings (SSSR count). The van der Waals surface area contributed by atoms with Crippen molar-refractivity contribution in [2.45, 2.75) is 37.4 Å². The normalized spacial score (nSPS) is 15.9. The van der Waals surface area contributed by atoms with Crippen molar-refractivity contribution in [1.82, 2.24) is 10.0 Å². The minimum Gasteiger partial charge on any atom is -0.355 e. The van der Waals surface area contributed by atoms with Gasteiger partial charge >= 0.3 is 0 Å². The maximum atomic E-state index is 13.0. The zero-order chi connectivity index (χ0) is 16.0. The fraction of sp³-hybridized carbons (Fsp3) is 0.533. The molecule has 0 radical (unpaired) electrons. The zero-order valence-electron chi connectivity index (χ0n) is 12.3. The number of halogens is 1. The Labute approximate surface area is 130 Å². The van der Waals surface area contributed by atoms with Crippen LogP contribution >= 0.6 is 0 Å². The predicted molar refractivity (Wildman–Crippen MR) is 82.3 cm³/mol. The summed E-state index contributed by atoms with van der Waals surface area (Å²) in [6, 6.07) is 5.85. The van der Waals surface area contributed by atoms with E-state index in [0.717, 1.165) is 12.8 Å². The Morgan fingerprint density at radius 1 is 1.23 bits per heavy atom. The summed E-state index contributed by atoms with van der Waals surface area (Å²) in [6.07, 6.45) is 3.40. The fourth-order valence-electron chi connectivity index (χ4n) is 2.61. The van der Waals surface area contributed by atoms with E-state index in [-0.39, 0.29) is 36.5 Å². The van der Waals surface area contributed by atoms with Crippen LogP contribution in [0.15, 0.2) is 24.3 Å². The Morgan fingerprint density at radius 3 is 2.64 bits per heavy atom. The summed E-state index contributed by atoms with van der Waals surface area (Å²) in [5.41, 5.74) is 0.587. The number of hydrogen-bond acceptors (Lipinski definition) is 3. The maximum Gasteiger partial charge on any atom is 0.224 e. The molecule has 122 valence electrons. The molecular weight excluding hydrogens is 307 g/mol. The van der Waals surface area contributed by atoms with Crippen LogP contribution in [0, 0.1) is 5.82 Å². The van der Waals surface area contributed by atoms with E-state index in [0.29, 0.717) is 18.4 Å². The Balaban J connectivity index is 1.69. The Hall–Kier alpha value is -1.47. The van der Waals surface area contributed by atoms with Crippen molar-refractivity contribution < 1.29 is 17.6 Å². The lowest BCUT2D eigenvalue weighted by molar-refractivity contribution is -0.120. The first-order chi connectivity index (χ1) is 10.5. The Kier molecular flexibility index (Phi) is 5.90. The molecule has 0 atom stereocenters. The van der Waals surface area contributed by atoms with Gasteiger partial charge in [-0.15, -0.1) is 0 Å². The average Bonchev–Trinajstić information content (AvgIpc) is 2.99. The van der Waals surface area contributed by atoms with Gasteiger partial charge in [0.15, 0.2) is 0 Å². The first-order valence-electron chi connectivity index (χ1n) is 7.47. The third-order valence-corrected chi connectivity index (χ3v) is 5.70. The van der Waals surface area contributed by atoms with Crippen molar-refractivity contribution in [2.75, 3.05) is 13.1 Å². The quantitative estimate of drug-likeness (QED) is 0.742. The number of hydrogen-bond donors (Lipinski definition) is 2. The third-order valence-electron chi connectivity index (χ3n) is 3.75. The number of benzene rings is 1. The molecule has 1 aromatic rings. The van der Waals surface area contributed by atoms with Gasteiger partial charge in [0.25, 0.3) is 0 Å². The molecule has 1 amide bonds. The number of nitrogens with one attached hydrogen (secondary N) is 2. The van der Waals surface area contributed by atoms with Crippen molar-refractivity contribution in [3.8, 4) is 0 Å². The largest absolute Gasteiger partial charge is 0.355 e. The van der Waals surface area contributed by atoms with Gasteiger partial charge in [0.05, 0.1) is 11.7 Å². The van der Waals surface area contributed by atoms with E-state index >= 15 is 0 Å². The topological polar surface area (TPSA) is 75.3 Å². The van der Waals surface area contributed by atoms with Gasteiger partial charge in [-0.05, 0) is 30.5 Å². The second kappa shape index (κ2) is 7.69. The van der Waals surface area contributed by atoms with Crippen molar-refractivity contribution in [1.29, 1.82) is 0 Å². The molecule has 1 aromatic carbocycles.